The number of hydrogen-bond donors (Lipinski definition) is 2. The van der Waals surface area contributed by atoms with E-state index in [2.05, 4.69) is 20.5 Å². The van der Waals surface area contributed by atoms with Crippen LogP contribution >= 0.6 is 0 Å². The maximum atomic E-state index is 12.2. The van der Waals surface area contributed by atoms with Crippen molar-refractivity contribution < 1.29 is 19.1 Å². The number of aromatic nitrogens is 2. The van der Waals surface area contributed by atoms with Gasteiger partial charge in [-0.05, 0) is 12.8 Å². The molecule has 126 valence electrons. The van der Waals surface area contributed by atoms with E-state index < -0.39 is 11.9 Å². The van der Waals surface area contributed by atoms with Crippen LogP contribution < -0.4 is 10.6 Å². The second-order valence-electron chi connectivity index (χ2n) is 5.62. The predicted molar refractivity (Wildman–Crippen MR) is 82.8 cm³/mol. The van der Waals surface area contributed by atoms with Gasteiger partial charge in [0.2, 0.25) is 5.91 Å². The van der Waals surface area contributed by atoms with Crippen LogP contribution in [0, 0.1) is 5.92 Å². The van der Waals surface area contributed by atoms with E-state index in [1.54, 1.807) is 7.05 Å². The summed E-state index contributed by atoms with van der Waals surface area (Å²) in [5, 5.41) is 9.28. The van der Waals surface area contributed by atoms with E-state index >= 15 is 0 Å². The van der Waals surface area contributed by atoms with Crippen LogP contribution in [0.1, 0.15) is 42.6 Å². The van der Waals surface area contributed by atoms with E-state index in [1.165, 1.54) is 24.3 Å². The van der Waals surface area contributed by atoms with Gasteiger partial charge in [0.1, 0.15) is 12.4 Å². The molecule has 1 aliphatic rings. The largest absolute Gasteiger partial charge is 0.468 e. The second-order valence-corrected chi connectivity index (χ2v) is 5.62. The fraction of sp³-hybridized carbons (Fsp3) is 0.600. The summed E-state index contributed by atoms with van der Waals surface area (Å²) in [6, 6.07) is 1.49. The molecule has 8 heteroatoms. The van der Waals surface area contributed by atoms with Gasteiger partial charge in [-0.15, -0.1) is 0 Å². The van der Waals surface area contributed by atoms with E-state index in [9.17, 15) is 14.4 Å². The van der Waals surface area contributed by atoms with Gasteiger partial charge < -0.3 is 15.4 Å². The first-order valence-electron chi connectivity index (χ1n) is 7.71. The predicted octanol–water partition coefficient (Wildman–Crippen LogP) is 0.842. The highest BCUT2D eigenvalue weighted by atomic mass is 16.5. The van der Waals surface area contributed by atoms with E-state index in [4.69, 9.17) is 0 Å². The van der Waals surface area contributed by atoms with Crippen molar-refractivity contribution in [3.05, 3.63) is 11.8 Å². The van der Waals surface area contributed by atoms with Crippen LogP contribution in [0.4, 0.5) is 5.82 Å². The van der Waals surface area contributed by atoms with E-state index in [0.717, 1.165) is 25.7 Å². The number of carbonyl (C=O) groups excluding carboxylic acids is 3. The lowest BCUT2D eigenvalue weighted by atomic mass is 9.89. The topological polar surface area (TPSA) is 102 Å². The number of anilines is 1. The molecule has 0 spiro atoms. The Morgan fingerprint density at radius 1 is 1.30 bits per heavy atom. The monoisotopic (exact) mass is 322 g/mol. The first-order chi connectivity index (χ1) is 11.0. The van der Waals surface area contributed by atoms with E-state index in [0.29, 0.717) is 5.82 Å². The maximum Gasteiger partial charge on any atom is 0.325 e. The first kappa shape index (κ1) is 17.0. The third-order valence-electron chi connectivity index (χ3n) is 3.96. The maximum absolute atomic E-state index is 12.2. The zero-order valence-electron chi connectivity index (χ0n) is 13.4. The Morgan fingerprint density at radius 2 is 2.00 bits per heavy atom. The quantitative estimate of drug-likeness (QED) is 0.782. The molecule has 1 aromatic rings. The zero-order chi connectivity index (χ0) is 16.8. The summed E-state index contributed by atoms with van der Waals surface area (Å²) in [4.78, 5) is 35.2. The minimum Gasteiger partial charge on any atom is -0.468 e. The standard InChI is InChI=1S/C15H22N4O4/c1-19-12(17-14(21)10-6-4-3-5-7-10)8-11(18-19)15(22)16-9-13(20)23-2/h8,10H,3-7,9H2,1-2H3,(H,16,22)(H,17,21). The highest BCUT2D eigenvalue weighted by Gasteiger charge is 2.22. The smallest absolute Gasteiger partial charge is 0.325 e. The average molecular weight is 322 g/mol. The molecule has 1 heterocycles. The fourth-order valence-corrected chi connectivity index (χ4v) is 2.60. The summed E-state index contributed by atoms with van der Waals surface area (Å²) < 4.78 is 5.89. The summed E-state index contributed by atoms with van der Waals surface area (Å²) in [5.74, 6) is -0.586. The van der Waals surface area contributed by atoms with Gasteiger partial charge in [0.15, 0.2) is 5.69 Å². The summed E-state index contributed by atoms with van der Waals surface area (Å²) in [6.07, 6.45) is 5.13. The van der Waals surface area contributed by atoms with Gasteiger partial charge in [0, 0.05) is 19.0 Å². The molecular weight excluding hydrogens is 300 g/mol. The van der Waals surface area contributed by atoms with Crippen molar-refractivity contribution in [2.75, 3.05) is 19.0 Å². The molecular formula is C15H22N4O4. The zero-order valence-corrected chi connectivity index (χ0v) is 13.4. The Bertz CT molecular complexity index is 590. The number of aryl methyl sites for hydroxylation is 1. The Kier molecular flexibility index (Phi) is 5.72. The lowest BCUT2D eigenvalue weighted by Gasteiger charge is -2.20. The molecule has 2 N–H and O–H groups in total. The highest BCUT2D eigenvalue weighted by Crippen LogP contribution is 2.25. The van der Waals surface area contributed by atoms with Crippen LogP contribution in [0.2, 0.25) is 0 Å². The lowest BCUT2D eigenvalue weighted by molar-refractivity contribution is -0.139. The summed E-state index contributed by atoms with van der Waals surface area (Å²) in [5.41, 5.74) is 0.135. The van der Waals surface area contributed by atoms with Gasteiger partial charge in [-0.3, -0.25) is 19.1 Å². The number of nitrogens with one attached hydrogen (secondary N) is 2. The van der Waals surface area contributed by atoms with Crippen molar-refractivity contribution in [3.8, 4) is 0 Å². The van der Waals surface area contributed by atoms with Gasteiger partial charge in [0.05, 0.1) is 7.11 Å². The van der Waals surface area contributed by atoms with E-state index in [1.807, 2.05) is 0 Å². The van der Waals surface area contributed by atoms with Crippen LogP contribution in [-0.2, 0) is 21.4 Å². The summed E-state index contributed by atoms with van der Waals surface area (Å²) in [7, 11) is 2.89. The number of nitrogens with zero attached hydrogens (tertiary/aromatic N) is 2. The molecule has 0 bridgehead atoms. The molecule has 1 saturated carbocycles. The van der Waals surface area contributed by atoms with Crippen LogP contribution in [0.15, 0.2) is 6.07 Å². The van der Waals surface area contributed by atoms with Crippen molar-refractivity contribution in [1.82, 2.24) is 15.1 Å². The van der Waals surface area contributed by atoms with Crippen molar-refractivity contribution in [2.24, 2.45) is 13.0 Å². The van der Waals surface area contributed by atoms with Crippen molar-refractivity contribution in [3.63, 3.8) is 0 Å². The molecule has 0 saturated heterocycles. The van der Waals surface area contributed by atoms with Gasteiger partial charge >= 0.3 is 5.97 Å². The number of carbonyl (C=O) groups is 3. The minimum atomic E-state index is -0.542. The van der Waals surface area contributed by atoms with Crippen LogP contribution in [0.3, 0.4) is 0 Å². The summed E-state index contributed by atoms with van der Waals surface area (Å²) >= 11 is 0. The minimum absolute atomic E-state index is 0.0234. The molecule has 0 radical (unpaired) electrons. The third-order valence-corrected chi connectivity index (χ3v) is 3.96. The Balaban J connectivity index is 1.95. The third kappa shape index (κ3) is 4.54. The number of amides is 2. The SMILES string of the molecule is COC(=O)CNC(=O)c1cc(NC(=O)C2CCCCC2)n(C)n1. The molecule has 2 amide bonds. The molecule has 0 unspecified atom stereocenters. The Labute approximate surface area is 134 Å². The normalized spacial score (nSPS) is 15.0. The average Bonchev–Trinajstić information content (AvgIpc) is 2.93. The van der Waals surface area contributed by atoms with Crippen LogP contribution in [0.5, 0.6) is 0 Å². The van der Waals surface area contributed by atoms with Gasteiger partial charge in [-0.25, -0.2) is 0 Å². The number of methoxy groups -OCH3 is 1. The molecule has 0 aromatic carbocycles. The van der Waals surface area contributed by atoms with Gasteiger partial charge in [-0.1, -0.05) is 19.3 Å². The van der Waals surface area contributed by atoms with Gasteiger partial charge in [-0.2, -0.15) is 5.10 Å². The lowest BCUT2D eigenvalue weighted by Crippen LogP contribution is -2.30. The molecule has 0 aliphatic heterocycles. The molecule has 1 aliphatic carbocycles. The molecule has 1 aromatic heterocycles. The molecule has 0 atom stereocenters. The fourth-order valence-electron chi connectivity index (χ4n) is 2.60. The van der Waals surface area contributed by atoms with Crippen molar-refractivity contribution >= 4 is 23.6 Å². The Hall–Kier alpha value is -2.38. The first-order valence-corrected chi connectivity index (χ1v) is 7.71. The Morgan fingerprint density at radius 3 is 2.65 bits per heavy atom. The van der Waals surface area contributed by atoms with Crippen molar-refractivity contribution in [2.45, 2.75) is 32.1 Å². The number of hydrogen-bond acceptors (Lipinski definition) is 5. The number of ether oxygens (including phenoxy) is 1. The number of rotatable bonds is 5. The molecule has 23 heavy (non-hydrogen) atoms. The van der Waals surface area contributed by atoms with Gasteiger partial charge in [0.25, 0.3) is 5.91 Å². The van der Waals surface area contributed by atoms with Crippen LogP contribution in [-0.4, -0.2) is 41.2 Å². The molecule has 8 nitrogen and oxygen atoms in total. The summed E-state index contributed by atoms with van der Waals surface area (Å²) in [6.45, 7) is -0.227. The molecule has 2 rings (SSSR count). The van der Waals surface area contributed by atoms with Crippen LogP contribution in [0.25, 0.3) is 0 Å². The highest BCUT2D eigenvalue weighted by molar-refractivity contribution is 5.97. The second kappa shape index (κ2) is 7.75. The molecule has 1 fully saturated rings. The van der Waals surface area contributed by atoms with E-state index in [-0.39, 0.29) is 24.1 Å². The number of esters is 1. The van der Waals surface area contributed by atoms with Crippen molar-refractivity contribution in [1.29, 1.82) is 0 Å².